The third kappa shape index (κ3) is 5.04. The highest BCUT2D eigenvalue weighted by Gasteiger charge is 2.51. The Labute approximate surface area is 358 Å². The Kier molecular flexibility index (Phi) is 7.49. The molecule has 4 nitrogen and oxygen atoms in total. The Morgan fingerprint density at radius 1 is 0.290 bits per heavy atom. The second-order valence-electron chi connectivity index (χ2n) is 16.3. The zero-order valence-electron chi connectivity index (χ0n) is 33.5. The first-order valence-corrected chi connectivity index (χ1v) is 21.1. The van der Waals surface area contributed by atoms with E-state index >= 15 is 0 Å². The molecule has 0 unspecified atom stereocenters. The maximum absolute atomic E-state index is 6.23. The molecule has 0 atom stereocenters. The standard InChI is InChI=1S/C58H35N3O/c1-2-13-39(14-3-1)55-59-56(61-57(60-55)47-19-12-24-53-54(47)46-18-7-11-23-52(46)62-53)40-31-29-37(30-32-40)36-25-27-38(28-26-36)41-33-34-45-44-17-6-10-22-50(44)58(51(45)35-41)48-20-8-4-15-42(48)43-16-5-9-21-49(43)58/h1-35H. The summed E-state index contributed by atoms with van der Waals surface area (Å²) in [7, 11) is 0. The lowest BCUT2D eigenvalue weighted by Gasteiger charge is -2.30. The Morgan fingerprint density at radius 3 is 1.35 bits per heavy atom. The molecule has 0 radical (unpaired) electrons. The summed E-state index contributed by atoms with van der Waals surface area (Å²) in [4.78, 5) is 15.2. The molecule has 0 fully saturated rings. The topological polar surface area (TPSA) is 51.8 Å². The van der Waals surface area contributed by atoms with E-state index in [1.54, 1.807) is 0 Å². The predicted molar refractivity (Wildman–Crippen MR) is 251 cm³/mol. The van der Waals surface area contributed by atoms with E-state index in [4.69, 9.17) is 19.4 Å². The Bertz CT molecular complexity index is 3500. The van der Waals surface area contributed by atoms with Crippen molar-refractivity contribution in [2.75, 3.05) is 0 Å². The normalized spacial score (nSPS) is 13.0. The molecule has 0 N–H and O–H groups in total. The van der Waals surface area contributed by atoms with Crippen LogP contribution in [0.15, 0.2) is 217 Å². The molecule has 13 rings (SSSR count). The average Bonchev–Trinajstić information content (AvgIpc) is 3.98. The Morgan fingerprint density at radius 2 is 0.726 bits per heavy atom. The molecule has 2 heterocycles. The van der Waals surface area contributed by atoms with E-state index in [1.807, 2.05) is 60.7 Å². The minimum Gasteiger partial charge on any atom is -0.456 e. The Hall–Kier alpha value is -8.21. The van der Waals surface area contributed by atoms with Crippen molar-refractivity contribution < 1.29 is 4.42 Å². The van der Waals surface area contributed by atoms with Crippen LogP contribution < -0.4 is 0 Å². The first kappa shape index (κ1) is 34.6. The van der Waals surface area contributed by atoms with Crippen molar-refractivity contribution in [1.29, 1.82) is 0 Å². The SMILES string of the molecule is c1ccc(-c2nc(-c3ccc(-c4ccc(-c5ccc6c(c5)C5(c7ccccc7-c7ccccc75)c5ccccc5-6)cc4)cc3)nc(-c3cccc4oc5ccccc5c34)n2)cc1. The molecule has 11 aromatic rings. The van der Waals surface area contributed by atoms with Gasteiger partial charge in [0.2, 0.25) is 0 Å². The van der Waals surface area contributed by atoms with E-state index in [-0.39, 0.29) is 5.41 Å². The van der Waals surface area contributed by atoms with E-state index in [2.05, 4.69) is 152 Å². The third-order valence-electron chi connectivity index (χ3n) is 13.0. The number of benzene rings is 9. The molecule has 9 aromatic carbocycles. The van der Waals surface area contributed by atoms with Gasteiger partial charge in [-0.05, 0) is 85.0 Å². The quantitative estimate of drug-likeness (QED) is 0.174. The first-order valence-electron chi connectivity index (χ1n) is 21.1. The van der Waals surface area contributed by atoms with Crippen molar-refractivity contribution in [3.63, 3.8) is 0 Å². The predicted octanol–water partition coefficient (Wildman–Crippen LogP) is 14.4. The van der Waals surface area contributed by atoms with E-state index in [9.17, 15) is 0 Å². The summed E-state index contributed by atoms with van der Waals surface area (Å²) >= 11 is 0. The molecule has 62 heavy (non-hydrogen) atoms. The summed E-state index contributed by atoms with van der Waals surface area (Å²) in [5.41, 5.74) is 19.4. The number of hydrogen-bond acceptors (Lipinski definition) is 4. The van der Waals surface area contributed by atoms with Gasteiger partial charge in [0.25, 0.3) is 0 Å². The van der Waals surface area contributed by atoms with Crippen LogP contribution in [0.5, 0.6) is 0 Å². The number of hydrogen-bond donors (Lipinski definition) is 0. The highest BCUT2D eigenvalue weighted by Crippen LogP contribution is 2.63. The van der Waals surface area contributed by atoms with Gasteiger partial charge in [0.05, 0.1) is 5.41 Å². The van der Waals surface area contributed by atoms with E-state index in [0.717, 1.165) is 49.8 Å². The molecule has 0 bridgehead atoms. The number of nitrogens with zero attached hydrogens (tertiary/aromatic N) is 3. The van der Waals surface area contributed by atoms with Gasteiger partial charge in [-0.3, -0.25) is 0 Å². The highest BCUT2D eigenvalue weighted by atomic mass is 16.3. The van der Waals surface area contributed by atoms with Crippen LogP contribution in [-0.4, -0.2) is 15.0 Å². The molecule has 288 valence electrons. The fourth-order valence-electron chi connectivity index (χ4n) is 10.2. The summed E-state index contributed by atoms with van der Waals surface area (Å²) in [5, 5.41) is 2.03. The van der Waals surface area contributed by atoms with Gasteiger partial charge >= 0.3 is 0 Å². The summed E-state index contributed by atoms with van der Waals surface area (Å²) in [6.45, 7) is 0. The molecule has 0 aliphatic heterocycles. The first-order chi connectivity index (χ1) is 30.7. The number of para-hydroxylation sites is 1. The second kappa shape index (κ2) is 13.4. The number of furan rings is 1. The number of rotatable bonds is 5. The Balaban J connectivity index is 0.864. The third-order valence-corrected chi connectivity index (χ3v) is 13.0. The maximum atomic E-state index is 6.23. The molecule has 0 amide bonds. The van der Waals surface area contributed by atoms with Gasteiger partial charge in [0.15, 0.2) is 17.5 Å². The minimum atomic E-state index is -0.362. The maximum Gasteiger partial charge on any atom is 0.164 e. The summed E-state index contributed by atoms with van der Waals surface area (Å²) in [6.07, 6.45) is 0. The van der Waals surface area contributed by atoms with Crippen molar-refractivity contribution in [2.45, 2.75) is 5.41 Å². The van der Waals surface area contributed by atoms with Gasteiger partial charge in [0.1, 0.15) is 11.2 Å². The molecule has 0 saturated heterocycles. The fourth-order valence-corrected chi connectivity index (χ4v) is 10.2. The van der Waals surface area contributed by atoms with Crippen molar-refractivity contribution in [2.24, 2.45) is 0 Å². The molecule has 0 saturated carbocycles. The van der Waals surface area contributed by atoms with E-state index in [1.165, 1.54) is 55.6 Å². The average molecular weight is 790 g/mol. The number of fused-ring (bicyclic) bond motifs is 13. The molecular weight excluding hydrogens is 755 g/mol. The van der Waals surface area contributed by atoms with Crippen molar-refractivity contribution in [1.82, 2.24) is 15.0 Å². The molecule has 1 spiro atoms. The lowest BCUT2D eigenvalue weighted by molar-refractivity contribution is 0.669. The number of aromatic nitrogens is 3. The zero-order chi connectivity index (χ0) is 40.8. The van der Waals surface area contributed by atoms with E-state index in [0.29, 0.717) is 17.5 Å². The van der Waals surface area contributed by atoms with Crippen LogP contribution in [0.1, 0.15) is 22.3 Å². The lowest BCUT2D eigenvalue weighted by atomic mass is 9.70. The second-order valence-corrected chi connectivity index (χ2v) is 16.3. The molecular formula is C58H35N3O. The summed E-state index contributed by atoms with van der Waals surface area (Å²) in [5.74, 6) is 1.84. The highest BCUT2D eigenvalue weighted by molar-refractivity contribution is 6.11. The van der Waals surface area contributed by atoms with Gasteiger partial charge in [-0.25, -0.2) is 15.0 Å². The molecule has 4 heteroatoms. The van der Waals surface area contributed by atoms with Crippen molar-refractivity contribution >= 4 is 21.9 Å². The largest absolute Gasteiger partial charge is 0.456 e. The molecule has 2 aromatic heterocycles. The van der Waals surface area contributed by atoms with E-state index < -0.39 is 0 Å². The van der Waals surface area contributed by atoms with Crippen LogP contribution in [0.2, 0.25) is 0 Å². The van der Waals surface area contributed by atoms with Crippen LogP contribution in [-0.2, 0) is 5.41 Å². The van der Waals surface area contributed by atoms with Crippen LogP contribution in [0.3, 0.4) is 0 Å². The summed E-state index contributed by atoms with van der Waals surface area (Å²) < 4.78 is 6.23. The van der Waals surface area contributed by atoms with Gasteiger partial charge in [0, 0.05) is 27.5 Å². The van der Waals surface area contributed by atoms with Crippen molar-refractivity contribution in [3.05, 3.63) is 235 Å². The van der Waals surface area contributed by atoms with Crippen LogP contribution >= 0.6 is 0 Å². The summed E-state index contributed by atoms with van der Waals surface area (Å²) in [6, 6.07) is 75.8. The van der Waals surface area contributed by atoms with Crippen LogP contribution in [0, 0.1) is 0 Å². The minimum absolute atomic E-state index is 0.362. The smallest absolute Gasteiger partial charge is 0.164 e. The van der Waals surface area contributed by atoms with Crippen LogP contribution in [0.25, 0.3) is 101 Å². The lowest BCUT2D eigenvalue weighted by Crippen LogP contribution is -2.25. The fraction of sp³-hybridized carbons (Fsp3) is 0.0172. The van der Waals surface area contributed by atoms with Crippen molar-refractivity contribution in [3.8, 4) is 78.7 Å². The molecule has 2 aliphatic carbocycles. The van der Waals surface area contributed by atoms with Crippen LogP contribution in [0.4, 0.5) is 0 Å². The van der Waals surface area contributed by atoms with Gasteiger partial charge < -0.3 is 4.42 Å². The van der Waals surface area contributed by atoms with Gasteiger partial charge in [-0.15, -0.1) is 0 Å². The van der Waals surface area contributed by atoms with Gasteiger partial charge in [-0.1, -0.05) is 194 Å². The zero-order valence-corrected chi connectivity index (χ0v) is 33.5. The molecule has 2 aliphatic rings. The monoisotopic (exact) mass is 789 g/mol. The van der Waals surface area contributed by atoms with Gasteiger partial charge in [-0.2, -0.15) is 0 Å².